The van der Waals surface area contributed by atoms with E-state index in [4.69, 9.17) is 0 Å². The Kier molecular flexibility index (Phi) is 4.78. The zero-order valence-corrected chi connectivity index (χ0v) is 14.9. The standard InChI is InChI=1S/C18H23FN2O2S/c1-13-11-16(14(2)21(13)18-7-8-18)9-10-20-24(22,23)12-15-3-5-17(19)6-4-15/h3-6,11,18,20H,7-10,12H2,1-2H3. The van der Waals surface area contributed by atoms with Crippen LogP contribution in [-0.2, 0) is 22.2 Å². The van der Waals surface area contributed by atoms with Crippen molar-refractivity contribution in [1.82, 2.24) is 9.29 Å². The first-order valence-corrected chi connectivity index (χ1v) is 9.90. The van der Waals surface area contributed by atoms with Crippen LogP contribution in [0.5, 0.6) is 0 Å². The molecule has 1 fully saturated rings. The van der Waals surface area contributed by atoms with Crippen molar-refractivity contribution in [3.8, 4) is 0 Å². The lowest BCUT2D eigenvalue weighted by atomic mass is 10.2. The van der Waals surface area contributed by atoms with Gasteiger partial charge in [-0.15, -0.1) is 0 Å². The number of hydrogen-bond acceptors (Lipinski definition) is 2. The van der Waals surface area contributed by atoms with Gasteiger partial charge >= 0.3 is 0 Å². The predicted octanol–water partition coefficient (Wildman–Crippen LogP) is 3.24. The molecule has 4 nitrogen and oxygen atoms in total. The van der Waals surface area contributed by atoms with Gasteiger partial charge in [-0.3, -0.25) is 0 Å². The highest BCUT2D eigenvalue weighted by Gasteiger charge is 2.26. The van der Waals surface area contributed by atoms with E-state index in [9.17, 15) is 12.8 Å². The third-order valence-electron chi connectivity index (χ3n) is 4.49. The number of hydrogen-bond donors (Lipinski definition) is 1. The molecule has 1 aromatic carbocycles. The van der Waals surface area contributed by atoms with Gasteiger partial charge in [0.25, 0.3) is 0 Å². The van der Waals surface area contributed by atoms with Gasteiger partial charge in [0.15, 0.2) is 0 Å². The zero-order valence-electron chi connectivity index (χ0n) is 14.0. The van der Waals surface area contributed by atoms with Crippen molar-refractivity contribution in [2.24, 2.45) is 0 Å². The average Bonchev–Trinajstić information content (AvgIpc) is 3.29. The first-order valence-electron chi connectivity index (χ1n) is 8.25. The molecule has 1 aliphatic carbocycles. The number of nitrogens with one attached hydrogen (secondary N) is 1. The van der Waals surface area contributed by atoms with E-state index in [1.54, 1.807) is 0 Å². The number of halogens is 1. The summed E-state index contributed by atoms with van der Waals surface area (Å²) < 4.78 is 42.2. The summed E-state index contributed by atoms with van der Waals surface area (Å²) in [5, 5.41) is 0. The van der Waals surface area contributed by atoms with Crippen LogP contribution >= 0.6 is 0 Å². The van der Waals surface area contributed by atoms with Crippen LogP contribution in [0.4, 0.5) is 4.39 Å². The molecular weight excluding hydrogens is 327 g/mol. The van der Waals surface area contributed by atoms with Crippen LogP contribution in [0.25, 0.3) is 0 Å². The maximum absolute atomic E-state index is 12.9. The van der Waals surface area contributed by atoms with Crippen molar-refractivity contribution in [2.75, 3.05) is 6.54 Å². The van der Waals surface area contributed by atoms with E-state index in [-0.39, 0.29) is 11.6 Å². The number of nitrogens with zero attached hydrogens (tertiary/aromatic N) is 1. The van der Waals surface area contributed by atoms with Crippen molar-refractivity contribution in [2.45, 2.75) is 44.9 Å². The Morgan fingerprint density at radius 2 is 1.88 bits per heavy atom. The molecule has 0 spiro atoms. The quantitative estimate of drug-likeness (QED) is 0.833. The van der Waals surface area contributed by atoms with Crippen molar-refractivity contribution < 1.29 is 12.8 Å². The summed E-state index contributed by atoms with van der Waals surface area (Å²) in [6.45, 7) is 4.58. The first kappa shape index (κ1) is 17.2. The van der Waals surface area contributed by atoms with Gasteiger partial charge < -0.3 is 4.57 Å². The van der Waals surface area contributed by atoms with Crippen LogP contribution in [0.3, 0.4) is 0 Å². The summed E-state index contributed by atoms with van der Waals surface area (Å²) in [6, 6.07) is 8.33. The molecule has 0 bridgehead atoms. The molecule has 0 aliphatic heterocycles. The zero-order chi connectivity index (χ0) is 17.3. The van der Waals surface area contributed by atoms with Crippen LogP contribution in [0.2, 0.25) is 0 Å². The number of aryl methyl sites for hydroxylation is 1. The molecule has 24 heavy (non-hydrogen) atoms. The fourth-order valence-electron chi connectivity index (χ4n) is 3.19. The first-order chi connectivity index (χ1) is 11.4. The highest BCUT2D eigenvalue weighted by Crippen LogP contribution is 2.38. The molecule has 0 unspecified atom stereocenters. The Morgan fingerprint density at radius 1 is 1.21 bits per heavy atom. The summed E-state index contributed by atoms with van der Waals surface area (Å²) in [5.41, 5.74) is 4.27. The molecule has 2 aromatic rings. The van der Waals surface area contributed by atoms with E-state index in [0.717, 1.165) is 0 Å². The minimum absolute atomic E-state index is 0.131. The van der Waals surface area contributed by atoms with Crippen molar-refractivity contribution >= 4 is 10.0 Å². The topological polar surface area (TPSA) is 51.1 Å². The molecule has 130 valence electrons. The normalized spacial score (nSPS) is 15.0. The Bertz CT molecular complexity index is 821. The maximum Gasteiger partial charge on any atom is 0.215 e. The van der Waals surface area contributed by atoms with Gasteiger partial charge in [0.1, 0.15) is 5.82 Å². The van der Waals surface area contributed by atoms with Crippen LogP contribution < -0.4 is 4.72 Å². The molecule has 1 aromatic heterocycles. The van der Waals surface area contributed by atoms with Gasteiger partial charge in [0.2, 0.25) is 10.0 Å². The molecule has 3 rings (SSSR count). The van der Waals surface area contributed by atoms with Crippen LogP contribution in [0, 0.1) is 19.7 Å². The number of sulfonamides is 1. The lowest BCUT2D eigenvalue weighted by Gasteiger charge is -2.09. The van der Waals surface area contributed by atoms with E-state index >= 15 is 0 Å². The average molecular weight is 350 g/mol. The SMILES string of the molecule is Cc1cc(CCNS(=O)(=O)Cc2ccc(F)cc2)c(C)n1C1CC1. The van der Waals surface area contributed by atoms with Crippen LogP contribution in [-0.4, -0.2) is 19.5 Å². The van der Waals surface area contributed by atoms with Crippen LogP contribution in [0.15, 0.2) is 30.3 Å². The predicted molar refractivity (Wildman–Crippen MR) is 92.9 cm³/mol. The largest absolute Gasteiger partial charge is 0.346 e. The van der Waals surface area contributed by atoms with E-state index in [0.29, 0.717) is 24.6 Å². The van der Waals surface area contributed by atoms with Gasteiger partial charge in [-0.05, 0) is 62.4 Å². The highest BCUT2D eigenvalue weighted by atomic mass is 32.2. The fraction of sp³-hybridized carbons (Fsp3) is 0.444. The monoisotopic (exact) mass is 350 g/mol. The van der Waals surface area contributed by atoms with Gasteiger partial charge in [-0.25, -0.2) is 17.5 Å². The van der Waals surface area contributed by atoms with E-state index < -0.39 is 10.0 Å². The summed E-state index contributed by atoms with van der Waals surface area (Å²) in [6.07, 6.45) is 3.15. The summed E-state index contributed by atoms with van der Waals surface area (Å²) in [5.74, 6) is -0.496. The Balaban J connectivity index is 1.57. The Morgan fingerprint density at radius 3 is 2.50 bits per heavy atom. The third kappa shape index (κ3) is 4.05. The number of rotatable bonds is 7. The minimum atomic E-state index is -3.42. The second kappa shape index (κ2) is 6.69. The molecule has 1 saturated carbocycles. The second-order valence-electron chi connectivity index (χ2n) is 6.53. The van der Waals surface area contributed by atoms with Gasteiger partial charge in [-0.1, -0.05) is 12.1 Å². The summed E-state index contributed by atoms with van der Waals surface area (Å²) in [7, 11) is -3.42. The van der Waals surface area contributed by atoms with Gasteiger partial charge in [0.05, 0.1) is 5.75 Å². The molecule has 6 heteroatoms. The van der Waals surface area contributed by atoms with Crippen molar-refractivity contribution in [1.29, 1.82) is 0 Å². The van der Waals surface area contributed by atoms with Gasteiger partial charge in [0, 0.05) is 24.0 Å². The van der Waals surface area contributed by atoms with Crippen molar-refractivity contribution in [3.63, 3.8) is 0 Å². The Hall–Kier alpha value is -1.66. The van der Waals surface area contributed by atoms with Crippen LogP contribution in [0.1, 0.15) is 41.4 Å². The molecule has 0 radical (unpaired) electrons. The fourth-order valence-corrected chi connectivity index (χ4v) is 4.33. The second-order valence-corrected chi connectivity index (χ2v) is 8.33. The molecule has 1 aliphatic rings. The van der Waals surface area contributed by atoms with Gasteiger partial charge in [-0.2, -0.15) is 0 Å². The molecular formula is C18H23FN2O2S. The lowest BCUT2D eigenvalue weighted by Crippen LogP contribution is -2.27. The maximum atomic E-state index is 12.9. The summed E-state index contributed by atoms with van der Waals surface area (Å²) >= 11 is 0. The Labute approximate surface area is 142 Å². The smallest absolute Gasteiger partial charge is 0.215 e. The third-order valence-corrected chi connectivity index (χ3v) is 5.84. The summed E-state index contributed by atoms with van der Waals surface area (Å²) in [4.78, 5) is 0. The lowest BCUT2D eigenvalue weighted by molar-refractivity contribution is 0.580. The van der Waals surface area contributed by atoms with E-state index in [1.807, 2.05) is 0 Å². The number of benzene rings is 1. The number of aromatic nitrogens is 1. The molecule has 0 saturated heterocycles. The van der Waals surface area contributed by atoms with E-state index in [1.165, 1.54) is 54.1 Å². The molecule has 0 atom stereocenters. The minimum Gasteiger partial charge on any atom is -0.346 e. The highest BCUT2D eigenvalue weighted by molar-refractivity contribution is 7.88. The molecule has 1 heterocycles. The molecule has 1 N–H and O–H groups in total. The van der Waals surface area contributed by atoms with Crippen molar-refractivity contribution in [3.05, 3.63) is 58.7 Å². The molecule has 0 amide bonds. The van der Waals surface area contributed by atoms with E-state index in [2.05, 4.69) is 29.2 Å².